The van der Waals surface area contributed by atoms with Crippen molar-refractivity contribution in [2.75, 3.05) is 12.0 Å². The van der Waals surface area contributed by atoms with E-state index in [0.717, 1.165) is 16.6 Å². The summed E-state index contributed by atoms with van der Waals surface area (Å²) in [7, 11) is 0. The van der Waals surface area contributed by atoms with Crippen molar-refractivity contribution in [1.82, 2.24) is 5.32 Å². The monoisotopic (exact) mass is 335 g/mol. The van der Waals surface area contributed by atoms with Gasteiger partial charge in [0.15, 0.2) is 0 Å². The lowest BCUT2D eigenvalue weighted by Gasteiger charge is -2.16. The number of rotatable bonds is 5. The lowest BCUT2D eigenvalue weighted by atomic mass is 10.2. The van der Waals surface area contributed by atoms with Gasteiger partial charge in [-0.25, -0.2) is 0 Å². The van der Waals surface area contributed by atoms with E-state index in [1.54, 1.807) is 23.9 Å². The minimum atomic E-state index is -0.114. The average molecular weight is 337 g/mol. The zero-order valence-electron chi connectivity index (χ0n) is 9.80. The second-order valence-electron chi connectivity index (χ2n) is 3.64. The molecule has 5 heteroatoms. The van der Waals surface area contributed by atoms with Gasteiger partial charge in [0.05, 0.1) is 10.6 Å². The maximum Gasteiger partial charge on any atom is 0.253 e. The molecule has 0 aromatic heterocycles. The summed E-state index contributed by atoms with van der Waals surface area (Å²) in [6.07, 6.45) is 2.94. The molecule has 0 spiro atoms. The molecule has 0 heterocycles. The lowest BCUT2D eigenvalue weighted by Crippen LogP contribution is -2.36. The summed E-state index contributed by atoms with van der Waals surface area (Å²) in [4.78, 5) is 12.0. The van der Waals surface area contributed by atoms with Crippen molar-refractivity contribution in [3.8, 4) is 0 Å². The third-order valence-electron chi connectivity index (χ3n) is 2.39. The van der Waals surface area contributed by atoms with E-state index in [0.29, 0.717) is 10.6 Å². The molecule has 0 fully saturated rings. The number of amides is 1. The molecule has 1 N–H and O–H groups in total. The second kappa shape index (κ2) is 7.29. The zero-order valence-corrected chi connectivity index (χ0v) is 13.0. The van der Waals surface area contributed by atoms with Crippen molar-refractivity contribution >= 4 is 45.2 Å². The van der Waals surface area contributed by atoms with Crippen molar-refractivity contribution in [2.45, 2.75) is 19.4 Å². The van der Waals surface area contributed by atoms with Gasteiger partial charge in [0.25, 0.3) is 5.91 Å². The van der Waals surface area contributed by atoms with Crippen LogP contribution >= 0.6 is 39.3 Å². The Bertz CT molecular complexity index is 400. The summed E-state index contributed by atoms with van der Waals surface area (Å²) >= 11 is 11.1. The average Bonchev–Trinajstić information content (AvgIpc) is 2.31. The molecule has 0 aliphatic heterocycles. The number of halogens is 2. The molecule has 1 aromatic carbocycles. The van der Waals surface area contributed by atoms with Gasteiger partial charge >= 0.3 is 0 Å². The summed E-state index contributed by atoms with van der Waals surface area (Å²) in [6.45, 7) is 2.06. The molecule has 0 saturated carbocycles. The van der Waals surface area contributed by atoms with E-state index in [1.807, 2.05) is 12.3 Å². The number of nitrogens with one attached hydrogen (secondary N) is 1. The van der Waals surface area contributed by atoms with Crippen molar-refractivity contribution in [1.29, 1.82) is 0 Å². The Kier molecular flexibility index (Phi) is 6.38. The van der Waals surface area contributed by atoms with Crippen molar-refractivity contribution in [3.63, 3.8) is 0 Å². The maximum absolute atomic E-state index is 12.0. The largest absolute Gasteiger partial charge is 0.348 e. The Labute approximate surface area is 120 Å². The van der Waals surface area contributed by atoms with Gasteiger partial charge in [0.1, 0.15) is 0 Å². The first-order chi connectivity index (χ1) is 8.10. The maximum atomic E-state index is 12.0. The molecule has 1 atom stereocenters. The number of carbonyl (C=O) groups is 1. The number of carbonyl (C=O) groups excluding carboxylic acids is 1. The molecule has 94 valence electrons. The molecule has 1 rings (SSSR count). The summed E-state index contributed by atoms with van der Waals surface area (Å²) in [5.41, 5.74) is 0.514. The van der Waals surface area contributed by atoms with Crippen LogP contribution in [0.5, 0.6) is 0 Å². The molecule has 0 saturated heterocycles. The molecular weight excluding hydrogens is 322 g/mol. The standard InChI is InChI=1S/C12H15BrClNOS/c1-3-8(7-17-2)15-12(16)9-5-4-6-10(13)11(9)14/h4-6,8H,3,7H2,1-2H3,(H,15,16). The first-order valence-corrected chi connectivity index (χ1v) is 7.90. The minimum absolute atomic E-state index is 0.114. The highest BCUT2D eigenvalue weighted by molar-refractivity contribution is 9.10. The minimum Gasteiger partial charge on any atom is -0.348 e. The molecule has 0 radical (unpaired) electrons. The summed E-state index contributed by atoms with van der Waals surface area (Å²) < 4.78 is 0.740. The molecule has 0 aliphatic carbocycles. The van der Waals surface area contributed by atoms with Crippen LogP contribution in [0, 0.1) is 0 Å². The molecule has 0 bridgehead atoms. The Morgan fingerprint density at radius 1 is 1.59 bits per heavy atom. The summed E-state index contributed by atoms with van der Waals surface area (Å²) in [5.74, 6) is 0.797. The van der Waals surface area contributed by atoms with Crippen molar-refractivity contribution in [2.24, 2.45) is 0 Å². The first kappa shape index (κ1) is 14.9. The van der Waals surface area contributed by atoms with Crippen LogP contribution in [-0.4, -0.2) is 24.0 Å². The molecule has 0 aliphatic rings. The smallest absolute Gasteiger partial charge is 0.253 e. The van der Waals surface area contributed by atoms with Crippen LogP contribution in [0.4, 0.5) is 0 Å². The fraction of sp³-hybridized carbons (Fsp3) is 0.417. The fourth-order valence-electron chi connectivity index (χ4n) is 1.41. The first-order valence-electron chi connectivity index (χ1n) is 5.34. The van der Waals surface area contributed by atoms with E-state index in [-0.39, 0.29) is 11.9 Å². The van der Waals surface area contributed by atoms with Crippen LogP contribution in [0.25, 0.3) is 0 Å². The van der Waals surface area contributed by atoms with Crippen LogP contribution in [0.2, 0.25) is 5.02 Å². The van der Waals surface area contributed by atoms with Gasteiger partial charge in [-0.1, -0.05) is 24.6 Å². The van der Waals surface area contributed by atoms with Gasteiger partial charge in [-0.2, -0.15) is 11.8 Å². The number of hydrogen-bond donors (Lipinski definition) is 1. The predicted molar refractivity (Wildman–Crippen MR) is 79.1 cm³/mol. The Balaban J connectivity index is 2.79. The quantitative estimate of drug-likeness (QED) is 0.881. The van der Waals surface area contributed by atoms with Gasteiger partial charge in [0.2, 0.25) is 0 Å². The SMILES string of the molecule is CCC(CSC)NC(=O)c1cccc(Br)c1Cl. The van der Waals surface area contributed by atoms with Gasteiger partial charge in [-0.05, 0) is 40.7 Å². The van der Waals surface area contributed by atoms with E-state index in [2.05, 4.69) is 28.2 Å². The normalized spacial score (nSPS) is 12.2. The van der Waals surface area contributed by atoms with Crippen LogP contribution in [-0.2, 0) is 0 Å². The fourth-order valence-corrected chi connectivity index (χ4v) is 2.70. The van der Waals surface area contributed by atoms with Crippen molar-refractivity contribution < 1.29 is 4.79 Å². The Morgan fingerprint density at radius 3 is 2.88 bits per heavy atom. The van der Waals surface area contributed by atoms with E-state index in [4.69, 9.17) is 11.6 Å². The molecule has 1 aromatic rings. The predicted octanol–water partition coefficient (Wildman–Crippen LogP) is 3.97. The molecule has 1 amide bonds. The van der Waals surface area contributed by atoms with Crippen LogP contribution in [0.15, 0.2) is 22.7 Å². The van der Waals surface area contributed by atoms with Gasteiger partial charge in [0, 0.05) is 16.3 Å². The lowest BCUT2D eigenvalue weighted by molar-refractivity contribution is 0.0940. The van der Waals surface area contributed by atoms with Gasteiger partial charge in [-0.3, -0.25) is 4.79 Å². The number of benzene rings is 1. The summed E-state index contributed by atoms with van der Waals surface area (Å²) in [5, 5.41) is 3.45. The number of thioether (sulfide) groups is 1. The summed E-state index contributed by atoms with van der Waals surface area (Å²) in [6, 6.07) is 5.54. The van der Waals surface area contributed by atoms with Gasteiger partial charge in [-0.15, -0.1) is 0 Å². The topological polar surface area (TPSA) is 29.1 Å². The highest BCUT2D eigenvalue weighted by atomic mass is 79.9. The van der Waals surface area contributed by atoms with Crippen LogP contribution in [0.1, 0.15) is 23.7 Å². The van der Waals surface area contributed by atoms with Gasteiger partial charge < -0.3 is 5.32 Å². The van der Waals surface area contributed by atoms with E-state index in [1.165, 1.54) is 0 Å². The van der Waals surface area contributed by atoms with E-state index in [9.17, 15) is 4.79 Å². The Morgan fingerprint density at radius 2 is 2.29 bits per heavy atom. The number of hydrogen-bond acceptors (Lipinski definition) is 2. The second-order valence-corrected chi connectivity index (χ2v) is 5.78. The van der Waals surface area contributed by atoms with E-state index < -0.39 is 0 Å². The third kappa shape index (κ3) is 4.19. The zero-order chi connectivity index (χ0) is 12.8. The van der Waals surface area contributed by atoms with Crippen LogP contribution < -0.4 is 5.32 Å². The molecule has 2 nitrogen and oxygen atoms in total. The Hall–Kier alpha value is -0.190. The molecule has 1 unspecified atom stereocenters. The molecule has 17 heavy (non-hydrogen) atoms. The van der Waals surface area contributed by atoms with Crippen LogP contribution in [0.3, 0.4) is 0 Å². The highest BCUT2D eigenvalue weighted by Gasteiger charge is 2.15. The van der Waals surface area contributed by atoms with Crippen molar-refractivity contribution in [3.05, 3.63) is 33.3 Å². The highest BCUT2D eigenvalue weighted by Crippen LogP contribution is 2.26. The molecular formula is C12H15BrClNOS. The third-order valence-corrected chi connectivity index (χ3v) is 4.42. The van der Waals surface area contributed by atoms with E-state index >= 15 is 0 Å².